The van der Waals surface area contributed by atoms with Gasteiger partial charge in [0, 0.05) is 15.6 Å². The Morgan fingerprint density at radius 1 is 0.964 bits per heavy atom. The number of ether oxygens (including phenoxy) is 1. The van der Waals surface area contributed by atoms with Crippen LogP contribution in [0.3, 0.4) is 0 Å². The van der Waals surface area contributed by atoms with Crippen molar-refractivity contribution < 1.29 is 14.6 Å². The second kappa shape index (κ2) is 7.97. The van der Waals surface area contributed by atoms with E-state index in [4.69, 9.17) is 4.74 Å². The molecule has 0 aliphatic heterocycles. The van der Waals surface area contributed by atoms with Gasteiger partial charge in [-0.3, -0.25) is 4.79 Å². The Morgan fingerprint density at radius 2 is 1.64 bits per heavy atom. The zero-order valence-electron chi connectivity index (χ0n) is 15.5. The van der Waals surface area contributed by atoms with Gasteiger partial charge in [-0.25, -0.2) is 0 Å². The lowest BCUT2D eigenvalue weighted by atomic mass is 10.1. The molecule has 1 unspecified atom stereocenters. The van der Waals surface area contributed by atoms with Crippen LogP contribution in [0.5, 0.6) is 5.75 Å². The molecule has 4 rings (SSSR count). The quantitative estimate of drug-likeness (QED) is 0.440. The fourth-order valence-electron chi connectivity index (χ4n) is 3.12. The number of hydrogen-bond acceptors (Lipinski definition) is 4. The summed E-state index contributed by atoms with van der Waals surface area (Å²) in [5.74, 6) is 0.493. The van der Waals surface area contributed by atoms with Crippen LogP contribution in [0.2, 0.25) is 0 Å². The predicted octanol–water partition coefficient (Wildman–Crippen LogP) is 5.55. The predicted molar refractivity (Wildman–Crippen MR) is 113 cm³/mol. The van der Waals surface area contributed by atoms with Crippen LogP contribution in [0.1, 0.15) is 32.5 Å². The van der Waals surface area contributed by atoms with E-state index in [-0.39, 0.29) is 12.4 Å². The number of carbonyl (C=O) groups excluding carboxylic acids is 1. The van der Waals surface area contributed by atoms with Crippen LogP contribution in [0.4, 0.5) is 0 Å². The molecule has 140 valence electrons. The molecule has 3 aromatic carbocycles. The third-order valence-electron chi connectivity index (χ3n) is 4.66. The molecule has 0 spiro atoms. The van der Waals surface area contributed by atoms with Gasteiger partial charge in [-0.1, -0.05) is 72.3 Å². The third kappa shape index (κ3) is 3.70. The van der Waals surface area contributed by atoms with Crippen LogP contribution < -0.4 is 4.74 Å². The van der Waals surface area contributed by atoms with Crippen LogP contribution in [0, 0.1) is 6.92 Å². The van der Waals surface area contributed by atoms with Gasteiger partial charge in [0.15, 0.2) is 12.4 Å². The van der Waals surface area contributed by atoms with Crippen LogP contribution in [-0.4, -0.2) is 17.5 Å². The highest BCUT2D eigenvalue weighted by molar-refractivity contribution is 7.19. The molecular weight excluding hydrogens is 368 g/mol. The molecule has 28 heavy (non-hydrogen) atoms. The zero-order chi connectivity index (χ0) is 19.5. The van der Waals surface area contributed by atoms with Crippen molar-refractivity contribution in [3.63, 3.8) is 0 Å². The molecule has 0 aliphatic rings. The summed E-state index contributed by atoms with van der Waals surface area (Å²) in [5, 5.41) is 11.8. The van der Waals surface area contributed by atoms with E-state index in [1.54, 1.807) is 0 Å². The summed E-state index contributed by atoms with van der Waals surface area (Å²) in [4.78, 5) is 13.3. The number of ketones is 1. The minimum Gasteiger partial charge on any atom is -0.484 e. The van der Waals surface area contributed by atoms with E-state index >= 15 is 0 Å². The first-order valence-electron chi connectivity index (χ1n) is 9.10. The van der Waals surface area contributed by atoms with E-state index < -0.39 is 6.10 Å². The summed E-state index contributed by atoms with van der Waals surface area (Å²) in [7, 11) is 0. The van der Waals surface area contributed by atoms with Gasteiger partial charge >= 0.3 is 0 Å². The Bertz CT molecular complexity index is 1100. The Labute approximate surface area is 167 Å². The summed E-state index contributed by atoms with van der Waals surface area (Å²) < 4.78 is 7.00. The molecule has 4 aromatic rings. The van der Waals surface area contributed by atoms with Crippen molar-refractivity contribution >= 4 is 27.2 Å². The van der Waals surface area contributed by atoms with E-state index in [9.17, 15) is 9.90 Å². The van der Waals surface area contributed by atoms with E-state index in [0.29, 0.717) is 16.2 Å². The molecule has 0 saturated heterocycles. The molecule has 0 fully saturated rings. The van der Waals surface area contributed by atoms with Gasteiger partial charge in [0.05, 0.1) is 4.88 Å². The van der Waals surface area contributed by atoms with Crippen LogP contribution in [0.15, 0.2) is 78.9 Å². The number of carbonyl (C=O) groups is 1. The normalized spacial score (nSPS) is 12.1. The highest BCUT2D eigenvalue weighted by atomic mass is 32.1. The molecule has 1 atom stereocenters. The summed E-state index contributed by atoms with van der Waals surface area (Å²) in [6.45, 7) is 1.91. The van der Waals surface area contributed by atoms with E-state index in [1.165, 1.54) is 11.3 Å². The number of thiophene rings is 1. The largest absolute Gasteiger partial charge is 0.484 e. The number of fused-ring (bicyclic) bond motifs is 1. The maximum absolute atomic E-state index is 12.6. The van der Waals surface area contributed by atoms with E-state index in [0.717, 1.165) is 21.2 Å². The van der Waals surface area contributed by atoms with Gasteiger partial charge in [0.25, 0.3) is 0 Å². The average molecular weight is 388 g/mol. The standard InChI is InChI=1S/C24H20O3S/c1-16-11-13-17(14-12-16)20(25)15-27-23-19-9-5-6-10-21(19)28-24(23)22(26)18-7-3-2-4-8-18/h2-14,22,26H,15H2,1H3. The molecular formula is C24H20O3S. The van der Waals surface area contributed by atoms with Crippen molar-refractivity contribution in [1.29, 1.82) is 0 Å². The van der Waals surface area contributed by atoms with Crippen molar-refractivity contribution in [2.45, 2.75) is 13.0 Å². The maximum Gasteiger partial charge on any atom is 0.200 e. The van der Waals surface area contributed by atoms with Gasteiger partial charge in [-0.15, -0.1) is 11.3 Å². The number of Topliss-reactive ketones (excluding diaryl/α,β-unsaturated/α-hetero) is 1. The SMILES string of the molecule is Cc1ccc(C(=O)COc2c(C(O)c3ccccc3)sc3ccccc23)cc1. The zero-order valence-corrected chi connectivity index (χ0v) is 16.3. The van der Waals surface area contributed by atoms with Gasteiger partial charge in [-0.2, -0.15) is 0 Å². The lowest BCUT2D eigenvalue weighted by molar-refractivity contribution is 0.0920. The van der Waals surface area contributed by atoms with E-state index in [2.05, 4.69) is 0 Å². The fourth-order valence-corrected chi connectivity index (χ4v) is 4.28. The molecule has 0 amide bonds. The summed E-state index contributed by atoms with van der Waals surface area (Å²) >= 11 is 1.49. The third-order valence-corrected chi connectivity index (χ3v) is 5.86. The topological polar surface area (TPSA) is 46.5 Å². The Morgan fingerprint density at radius 3 is 2.39 bits per heavy atom. The molecule has 0 aliphatic carbocycles. The van der Waals surface area contributed by atoms with E-state index in [1.807, 2.05) is 85.8 Å². The Balaban J connectivity index is 1.65. The molecule has 4 heteroatoms. The Hall–Kier alpha value is -2.95. The molecule has 0 radical (unpaired) electrons. The Kier molecular flexibility index (Phi) is 5.24. The van der Waals surface area contributed by atoms with Gasteiger partial charge in [0.2, 0.25) is 0 Å². The lowest BCUT2D eigenvalue weighted by Gasteiger charge is -2.13. The number of aryl methyl sites for hydroxylation is 1. The second-order valence-electron chi connectivity index (χ2n) is 6.68. The highest BCUT2D eigenvalue weighted by Crippen LogP contribution is 2.43. The first kappa shape index (κ1) is 18.4. The van der Waals surface area contributed by atoms with Crippen molar-refractivity contribution in [1.82, 2.24) is 0 Å². The first-order valence-corrected chi connectivity index (χ1v) is 9.92. The molecule has 1 aromatic heterocycles. The number of benzene rings is 3. The van der Waals surface area contributed by atoms with Crippen molar-refractivity contribution in [2.75, 3.05) is 6.61 Å². The second-order valence-corrected chi connectivity index (χ2v) is 7.77. The van der Waals surface area contributed by atoms with Crippen molar-refractivity contribution in [3.05, 3.63) is 100 Å². The molecule has 3 nitrogen and oxygen atoms in total. The number of rotatable bonds is 6. The smallest absolute Gasteiger partial charge is 0.200 e. The summed E-state index contributed by atoms with van der Waals surface area (Å²) in [6.07, 6.45) is -0.803. The first-order chi connectivity index (χ1) is 13.6. The van der Waals surface area contributed by atoms with Crippen molar-refractivity contribution in [2.24, 2.45) is 0 Å². The number of hydrogen-bond donors (Lipinski definition) is 1. The minimum absolute atomic E-state index is 0.0711. The minimum atomic E-state index is -0.803. The summed E-state index contributed by atoms with van der Waals surface area (Å²) in [6, 6.07) is 24.8. The monoisotopic (exact) mass is 388 g/mol. The molecule has 1 heterocycles. The molecule has 1 N–H and O–H groups in total. The van der Waals surface area contributed by atoms with Gasteiger partial charge in [-0.05, 0) is 24.6 Å². The van der Waals surface area contributed by atoms with Crippen molar-refractivity contribution in [3.8, 4) is 5.75 Å². The highest BCUT2D eigenvalue weighted by Gasteiger charge is 2.22. The number of aliphatic hydroxyl groups excluding tert-OH is 1. The van der Waals surface area contributed by atoms with Crippen LogP contribution >= 0.6 is 11.3 Å². The van der Waals surface area contributed by atoms with Gasteiger partial charge in [0.1, 0.15) is 11.9 Å². The van der Waals surface area contributed by atoms with Gasteiger partial charge < -0.3 is 9.84 Å². The van der Waals surface area contributed by atoms with Crippen LogP contribution in [-0.2, 0) is 0 Å². The number of aliphatic hydroxyl groups is 1. The maximum atomic E-state index is 12.6. The average Bonchev–Trinajstić information content (AvgIpc) is 3.11. The molecule has 0 bridgehead atoms. The lowest BCUT2D eigenvalue weighted by Crippen LogP contribution is -2.12. The fraction of sp³-hybridized carbons (Fsp3) is 0.125. The summed E-state index contributed by atoms with van der Waals surface area (Å²) in [5.41, 5.74) is 2.52. The molecule has 0 saturated carbocycles. The van der Waals surface area contributed by atoms with Crippen LogP contribution in [0.25, 0.3) is 10.1 Å².